The van der Waals surface area contributed by atoms with Crippen LogP contribution in [0.5, 0.6) is 0 Å². The van der Waals surface area contributed by atoms with Gasteiger partial charge in [0, 0.05) is 32.4 Å². The minimum absolute atomic E-state index is 0.103. The standard InChI is InChI=1S/C22H27N7O4S/c1-3-24-20(31)15(12-23)22-29(4-2)21(32)16(34-22)13-25-17-6-5-7-18(26-17)27-19(30)14-28-8-10-33-11-9-28/h5-7,13H,3-4,8-11,14H2,1-2H3,(H,24,31)(H2,25,26,27,30). The Labute approximate surface area is 200 Å². The van der Waals surface area contributed by atoms with Crippen LogP contribution in [0.3, 0.4) is 0 Å². The molecule has 1 aliphatic heterocycles. The first kappa shape index (κ1) is 25.1. The van der Waals surface area contributed by atoms with Gasteiger partial charge in [-0.2, -0.15) is 5.26 Å². The molecule has 11 nitrogen and oxygen atoms in total. The first-order chi connectivity index (χ1) is 16.5. The fourth-order valence-electron chi connectivity index (χ4n) is 3.31. The normalized spacial score (nSPS) is 15.4. The molecule has 3 rings (SSSR count). The van der Waals surface area contributed by atoms with Crippen molar-refractivity contribution in [3.63, 3.8) is 0 Å². The van der Waals surface area contributed by atoms with Gasteiger partial charge in [-0.15, -0.1) is 11.3 Å². The summed E-state index contributed by atoms with van der Waals surface area (Å²) in [6, 6.07) is 7.01. The van der Waals surface area contributed by atoms with E-state index in [2.05, 4.69) is 20.9 Å². The lowest BCUT2D eigenvalue weighted by Crippen LogP contribution is -2.41. The number of nitrogens with zero attached hydrogens (tertiary/aromatic N) is 4. The van der Waals surface area contributed by atoms with Gasteiger partial charge in [0.1, 0.15) is 26.9 Å². The van der Waals surface area contributed by atoms with Crippen LogP contribution in [0.4, 0.5) is 11.6 Å². The van der Waals surface area contributed by atoms with Crippen LogP contribution in [0.2, 0.25) is 0 Å². The Morgan fingerprint density at radius 1 is 1.26 bits per heavy atom. The van der Waals surface area contributed by atoms with E-state index in [0.717, 1.165) is 11.3 Å². The number of thiazole rings is 1. The van der Waals surface area contributed by atoms with Crippen LogP contribution in [0.1, 0.15) is 13.8 Å². The van der Waals surface area contributed by atoms with Crippen molar-refractivity contribution in [3.05, 3.63) is 37.7 Å². The monoisotopic (exact) mass is 485 g/mol. The van der Waals surface area contributed by atoms with Crippen molar-refractivity contribution in [2.24, 2.45) is 0 Å². The highest BCUT2D eigenvalue weighted by molar-refractivity contribution is 7.07. The number of anilines is 2. The summed E-state index contributed by atoms with van der Waals surface area (Å²) in [6.07, 6.45) is 1.48. The number of aromatic nitrogens is 2. The highest BCUT2D eigenvalue weighted by Gasteiger charge is 2.15. The van der Waals surface area contributed by atoms with E-state index in [0.29, 0.717) is 60.2 Å². The van der Waals surface area contributed by atoms with Crippen molar-refractivity contribution in [1.82, 2.24) is 19.8 Å². The minimum atomic E-state index is -0.518. The number of ether oxygens (including phenoxy) is 1. The van der Waals surface area contributed by atoms with Gasteiger partial charge in [-0.05, 0) is 26.0 Å². The summed E-state index contributed by atoms with van der Waals surface area (Å²) in [5, 5.41) is 17.8. The van der Waals surface area contributed by atoms with Crippen LogP contribution >= 0.6 is 11.3 Å². The summed E-state index contributed by atoms with van der Waals surface area (Å²) >= 11 is 1.05. The van der Waals surface area contributed by atoms with E-state index in [1.807, 2.05) is 11.0 Å². The van der Waals surface area contributed by atoms with Crippen molar-refractivity contribution in [2.45, 2.75) is 20.4 Å². The highest BCUT2D eigenvalue weighted by atomic mass is 32.1. The van der Waals surface area contributed by atoms with Crippen LogP contribution < -0.4 is 30.7 Å². The molecule has 12 heteroatoms. The summed E-state index contributed by atoms with van der Waals surface area (Å²) in [6.45, 7) is 7.11. The molecule has 0 radical (unpaired) electrons. The van der Waals surface area contributed by atoms with Crippen LogP contribution in [0.25, 0.3) is 11.8 Å². The van der Waals surface area contributed by atoms with Crippen LogP contribution in [-0.4, -0.2) is 65.7 Å². The molecule has 1 saturated heterocycles. The Bertz CT molecular complexity index is 1260. The molecule has 0 bridgehead atoms. The molecule has 180 valence electrons. The van der Waals surface area contributed by atoms with Crippen molar-refractivity contribution < 1.29 is 14.3 Å². The fraction of sp³-hybridized carbons (Fsp3) is 0.409. The largest absolute Gasteiger partial charge is 0.379 e. The average Bonchev–Trinajstić information content (AvgIpc) is 3.14. The molecule has 3 N–H and O–H groups in total. The number of carbonyl (C=O) groups is 2. The lowest BCUT2D eigenvalue weighted by molar-refractivity contribution is -0.118. The Hall–Kier alpha value is -3.53. The zero-order valence-electron chi connectivity index (χ0n) is 19.1. The number of morpholine rings is 1. The number of carbonyl (C=O) groups excluding carboxylic acids is 2. The second-order valence-corrected chi connectivity index (χ2v) is 8.33. The maximum atomic E-state index is 12.8. The van der Waals surface area contributed by atoms with E-state index in [4.69, 9.17) is 4.74 Å². The second-order valence-electron chi connectivity index (χ2n) is 7.30. The van der Waals surface area contributed by atoms with Gasteiger partial charge in [-0.1, -0.05) is 6.07 Å². The van der Waals surface area contributed by atoms with E-state index in [1.54, 1.807) is 32.0 Å². The number of hydrogen-bond donors (Lipinski definition) is 3. The zero-order chi connectivity index (χ0) is 24.5. The van der Waals surface area contributed by atoms with Crippen molar-refractivity contribution in [2.75, 3.05) is 50.0 Å². The van der Waals surface area contributed by atoms with Gasteiger partial charge in [-0.25, -0.2) is 4.98 Å². The third-order valence-electron chi connectivity index (χ3n) is 4.95. The second kappa shape index (κ2) is 12.1. The van der Waals surface area contributed by atoms with Gasteiger partial charge < -0.3 is 20.7 Å². The number of rotatable bonds is 8. The molecule has 0 spiro atoms. The Morgan fingerprint density at radius 2 is 2.00 bits per heavy atom. The van der Waals surface area contributed by atoms with Gasteiger partial charge in [0.05, 0.1) is 19.8 Å². The predicted molar refractivity (Wildman–Crippen MR) is 129 cm³/mol. The predicted octanol–water partition coefficient (Wildman–Crippen LogP) is -0.744. The number of pyridine rings is 1. The Morgan fingerprint density at radius 3 is 2.68 bits per heavy atom. The van der Waals surface area contributed by atoms with Crippen molar-refractivity contribution in [3.8, 4) is 6.07 Å². The van der Waals surface area contributed by atoms with E-state index < -0.39 is 5.91 Å². The smallest absolute Gasteiger partial charge is 0.270 e. The molecule has 1 fully saturated rings. The number of nitrogens with one attached hydrogen (secondary N) is 3. The first-order valence-corrected chi connectivity index (χ1v) is 11.7. The topological polar surface area (TPSA) is 141 Å². The van der Waals surface area contributed by atoms with E-state index >= 15 is 0 Å². The first-order valence-electron chi connectivity index (χ1n) is 10.9. The molecule has 0 unspecified atom stereocenters. The molecule has 1 aliphatic rings. The number of nitriles is 1. The van der Waals surface area contributed by atoms with E-state index in [1.165, 1.54) is 10.8 Å². The van der Waals surface area contributed by atoms with Gasteiger partial charge in [0.15, 0.2) is 5.57 Å². The third kappa shape index (κ3) is 6.28. The average molecular weight is 486 g/mol. The third-order valence-corrected chi connectivity index (χ3v) is 6.08. The summed E-state index contributed by atoms with van der Waals surface area (Å²) in [5.41, 5.74) is -0.421. The summed E-state index contributed by atoms with van der Waals surface area (Å²) in [4.78, 5) is 43.7. The molecule has 2 aromatic rings. The van der Waals surface area contributed by atoms with E-state index in [-0.39, 0.29) is 23.6 Å². The summed E-state index contributed by atoms with van der Waals surface area (Å²) in [7, 11) is 0. The van der Waals surface area contributed by atoms with Crippen molar-refractivity contribution >= 4 is 46.6 Å². The zero-order valence-corrected chi connectivity index (χ0v) is 19.9. The molecule has 0 aliphatic carbocycles. The lowest BCUT2D eigenvalue weighted by atomic mass is 10.3. The quantitative estimate of drug-likeness (QED) is 0.444. The van der Waals surface area contributed by atoms with Crippen LogP contribution in [0, 0.1) is 11.3 Å². The van der Waals surface area contributed by atoms with Gasteiger partial charge in [-0.3, -0.25) is 23.9 Å². The van der Waals surface area contributed by atoms with Crippen molar-refractivity contribution in [1.29, 1.82) is 5.26 Å². The molecule has 34 heavy (non-hydrogen) atoms. The minimum Gasteiger partial charge on any atom is -0.379 e. The number of hydrogen-bond acceptors (Lipinski definition) is 9. The molecular weight excluding hydrogens is 458 g/mol. The molecule has 2 amide bonds. The molecule has 0 saturated carbocycles. The molecule has 2 aromatic heterocycles. The fourth-order valence-corrected chi connectivity index (χ4v) is 4.39. The maximum absolute atomic E-state index is 12.8. The van der Waals surface area contributed by atoms with Gasteiger partial charge in [0.25, 0.3) is 11.5 Å². The van der Waals surface area contributed by atoms with Crippen LogP contribution in [0.15, 0.2) is 23.0 Å². The highest BCUT2D eigenvalue weighted by Crippen LogP contribution is 2.09. The lowest BCUT2D eigenvalue weighted by Gasteiger charge is -2.25. The molecule has 0 aromatic carbocycles. The number of amides is 2. The Balaban J connectivity index is 1.80. The SMILES string of the molecule is CCNC(=O)C(C#N)=c1sc(=CNc2cccc(NC(=O)CN3CCOCC3)n2)c(=O)n1CC. The molecule has 3 heterocycles. The van der Waals surface area contributed by atoms with Crippen LogP contribution in [-0.2, 0) is 20.9 Å². The summed E-state index contributed by atoms with van der Waals surface area (Å²) < 4.78 is 7.29. The summed E-state index contributed by atoms with van der Waals surface area (Å²) in [5.74, 6) is 0.116. The molecule has 0 atom stereocenters. The maximum Gasteiger partial charge on any atom is 0.270 e. The Kier molecular flexibility index (Phi) is 8.92. The van der Waals surface area contributed by atoms with Gasteiger partial charge >= 0.3 is 0 Å². The van der Waals surface area contributed by atoms with E-state index in [9.17, 15) is 19.6 Å². The van der Waals surface area contributed by atoms with Gasteiger partial charge in [0.2, 0.25) is 5.91 Å². The molecular formula is C22H27N7O4S.